The number of benzene rings is 1. The van der Waals surface area contributed by atoms with Gasteiger partial charge in [0.15, 0.2) is 5.96 Å². The number of aliphatic imine (C=N–C) groups is 1. The minimum absolute atomic E-state index is 0. The monoisotopic (exact) mass is 465 g/mol. The van der Waals surface area contributed by atoms with E-state index in [1.807, 2.05) is 18.2 Å². The molecule has 3 N–H and O–H groups in total. The molecule has 0 aromatic heterocycles. The molecule has 1 aromatic carbocycles. The maximum atomic E-state index is 6.44. The predicted octanol–water partition coefficient (Wildman–Crippen LogP) is 3.96. The molecular formula is C18H29ClIN3O. The number of nitrogens with zero attached hydrogens (tertiary/aromatic N) is 1. The van der Waals surface area contributed by atoms with E-state index in [0.717, 1.165) is 49.6 Å². The van der Waals surface area contributed by atoms with Crippen molar-refractivity contribution in [1.82, 2.24) is 5.32 Å². The molecule has 0 amide bonds. The fourth-order valence-electron chi connectivity index (χ4n) is 2.95. The van der Waals surface area contributed by atoms with Gasteiger partial charge in [-0.15, -0.1) is 24.0 Å². The molecule has 1 aromatic rings. The molecule has 24 heavy (non-hydrogen) atoms. The first-order valence-corrected chi connectivity index (χ1v) is 8.78. The van der Waals surface area contributed by atoms with Gasteiger partial charge in [0.25, 0.3) is 0 Å². The molecule has 136 valence electrons. The van der Waals surface area contributed by atoms with Gasteiger partial charge in [0.2, 0.25) is 0 Å². The summed E-state index contributed by atoms with van der Waals surface area (Å²) >= 11 is 6.44. The molecule has 1 aliphatic heterocycles. The zero-order chi connectivity index (χ0) is 16.7. The van der Waals surface area contributed by atoms with Crippen LogP contribution in [0.1, 0.15) is 38.7 Å². The van der Waals surface area contributed by atoms with Crippen LogP contribution < -0.4 is 11.1 Å². The van der Waals surface area contributed by atoms with E-state index < -0.39 is 0 Å². The minimum atomic E-state index is -0.0824. The molecule has 6 heteroatoms. The van der Waals surface area contributed by atoms with Crippen LogP contribution in [-0.2, 0) is 10.2 Å². The van der Waals surface area contributed by atoms with Crippen LogP contribution in [0.4, 0.5) is 0 Å². The normalized spacial score (nSPS) is 17.4. The number of hydrogen-bond donors (Lipinski definition) is 2. The second-order valence-corrected chi connectivity index (χ2v) is 7.09. The van der Waals surface area contributed by atoms with E-state index in [4.69, 9.17) is 22.1 Å². The first-order valence-electron chi connectivity index (χ1n) is 8.40. The third-order valence-corrected chi connectivity index (χ3v) is 4.80. The van der Waals surface area contributed by atoms with Crippen LogP contribution in [0, 0.1) is 5.92 Å². The van der Waals surface area contributed by atoms with E-state index in [0.29, 0.717) is 18.4 Å². The molecule has 2 rings (SSSR count). The first-order chi connectivity index (χ1) is 11.0. The summed E-state index contributed by atoms with van der Waals surface area (Å²) in [7, 11) is 0. The van der Waals surface area contributed by atoms with Crippen molar-refractivity contribution in [3.05, 3.63) is 34.9 Å². The lowest BCUT2D eigenvalue weighted by Gasteiger charge is -2.37. The third-order valence-electron chi connectivity index (χ3n) is 4.47. The summed E-state index contributed by atoms with van der Waals surface area (Å²) in [5, 5.41) is 4.00. The van der Waals surface area contributed by atoms with Crippen LogP contribution in [-0.4, -0.2) is 32.3 Å². The van der Waals surface area contributed by atoms with E-state index in [1.54, 1.807) is 0 Å². The molecular weight excluding hydrogens is 437 g/mol. The lowest BCUT2D eigenvalue weighted by Crippen LogP contribution is -2.39. The Morgan fingerprint density at radius 2 is 2.00 bits per heavy atom. The summed E-state index contributed by atoms with van der Waals surface area (Å²) in [6.45, 7) is 7.37. The second kappa shape index (κ2) is 10.5. The summed E-state index contributed by atoms with van der Waals surface area (Å²) in [6, 6.07) is 8.05. The van der Waals surface area contributed by atoms with Gasteiger partial charge in [-0.2, -0.15) is 0 Å². The third kappa shape index (κ3) is 6.08. The SMILES string of the molecule is CC(C)CCNC(N)=NCC1(c2ccccc2Cl)CCOCC1.I. The molecule has 0 bridgehead atoms. The van der Waals surface area contributed by atoms with Crippen LogP contribution in [0.3, 0.4) is 0 Å². The Bertz CT molecular complexity index is 531. The zero-order valence-electron chi connectivity index (χ0n) is 14.6. The van der Waals surface area contributed by atoms with Gasteiger partial charge in [-0.3, -0.25) is 4.99 Å². The molecule has 1 aliphatic rings. The van der Waals surface area contributed by atoms with Crippen LogP contribution in [0.2, 0.25) is 5.02 Å². The van der Waals surface area contributed by atoms with Crippen LogP contribution >= 0.6 is 35.6 Å². The lowest BCUT2D eigenvalue weighted by molar-refractivity contribution is 0.0531. The maximum Gasteiger partial charge on any atom is 0.188 e. The number of nitrogens with one attached hydrogen (secondary N) is 1. The molecule has 1 saturated heterocycles. The maximum absolute atomic E-state index is 6.44. The smallest absolute Gasteiger partial charge is 0.188 e. The summed E-state index contributed by atoms with van der Waals surface area (Å²) in [5.41, 5.74) is 7.10. The fourth-order valence-corrected chi connectivity index (χ4v) is 3.28. The second-order valence-electron chi connectivity index (χ2n) is 6.68. The van der Waals surface area contributed by atoms with Gasteiger partial charge in [0.1, 0.15) is 0 Å². The van der Waals surface area contributed by atoms with E-state index >= 15 is 0 Å². The quantitative estimate of drug-likeness (QED) is 0.380. The summed E-state index contributed by atoms with van der Waals surface area (Å²) in [6.07, 6.45) is 2.92. The number of guanidine groups is 1. The largest absolute Gasteiger partial charge is 0.381 e. The topological polar surface area (TPSA) is 59.6 Å². The molecule has 1 heterocycles. The number of hydrogen-bond acceptors (Lipinski definition) is 2. The van der Waals surface area contributed by atoms with Crippen molar-refractivity contribution in [2.45, 2.75) is 38.5 Å². The molecule has 0 saturated carbocycles. The van der Waals surface area contributed by atoms with Crippen molar-refractivity contribution >= 4 is 41.5 Å². The Hall–Kier alpha value is -0.530. The van der Waals surface area contributed by atoms with Crippen LogP contribution in [0.5, 0.6) is 0 Å². The number of halogens is 2. The van der Waals surface area contributed by atoms with Crippen LogP contribution in [0.15, 0.2) is 29.3 Å². The van der Waals surface area contributed by atoms with Gasteiger partial charge in [0, 0.05) is 30.2 Å². The van der Waals surface area contributed by atoms with Gasteiger partial charge >= 0.3 is 0 Å². The van der Waals surface area contributed by atoms with E-state index in [2.05, 4.69) is 30.2 Å². The Labute approximate surface area is 167 Å². The highest BCUT2D eigenvalue weighted by Gasteiger charge is 2.35. The van der Waals surface area contributed by atoms with Gasteiger partial charge in [-0.1, -0.05) is 43.6 Å². The van der Waals surface area contributed by atoms with Crippen molar-refractivity contribution in [1.29, 1.82) is 0 Å². The van der Waals surface area contributed by atoms with Gasteiger partial charge in [-0.05, 0) is 36.8 Å². The van der Waals surface area contributed by atoms with Crippen molar-refractivity contribution in [3.8, 4) is 0 Å². The Balaban J connectivity index is 0.00000288. The van der Waals surface area contributed by atoms with Crippen molar-refractivity contribution in [2.75, 3.05) is 26.3 Å². The zero-order valence-corrected chi connectivity index (χ0v) is 17.6. The van der Waals surface area contributed by atoms with Crippen molar-refractivity contribution < 1.29 is 4.74 Å². The number of ether oxygens (including phenoxy) is 1. The first kappa shape index (κ1) is 21.5. The Kier molecular flexibility index (Phi) is 9.37. The average molecular weight is 466 g/mol. The average Bonchev–Trinajstić information content (AvgIpc) is 2.54. The number of nitrogens with two attached hydrogens (primary N) is 1. The lowest BCUT2D eigenvalue weighted by atomic mass is 9.74. The molecule has 0 atom stereocenters. The van der Waals surface area contributed by atoms with Crippen molar-refractivity contribution in [3.63, 3.8) is 0 Å². The molecule has 4 nitrogen and oxygen atoms in total. The van der Waals surface area contributed by atoms with Crippen LogP contribution in [0.25, 0.3) is 0 Å². The fraction of sp³-hybridized carbons (Fsp3) is 0.611. The van der Waals surface area contributed by atoms with E-state index in [1.165, 1.54) is 0 Å². The minimum Gasteiger partial charge on any atom is -0.381 e. The summed E-state index contributed by atoms with van der Waals surface area (Å²) in [5.74, 6) is 1.17. The summed E-state index contributed by atoms with van der Waals surface area (Å²) in [4.78, 5) is 4.60. The molecule has 0 spiro atoms. The Morgan fingerprint density at radius 3 is 2.62 bits per heavy atom. The van der Waals surface area contributed by atoms with E-state index in [9.17, 15) is 0 Å². The highest BCUT2D eigenvalue weighted by Crippen LogP contribution is 2.38. The molecule has 0 unspecified atom stereocenters. The molecule has 0 radical (unpaired) electrons. The Morgan fingerprint density at radius 1 is 1.33 bits per heavy atom. The van der Waals surface area contributed by atoms with Gasteiger partial charge in [-0.25, -0.2) is 0 Å². The number of rotatable bonds is 6. The van der Waals surface area contributed by atoms with Gasteiger partial charge in [0.05, 0.1) is 6.54 Å². The highest BCUT2D eigenvalue weighted by atomic mass is 127. The summed E-state index contributed by atoms with van der Waals surface area (Å²) < 4.78 is 5.55. The van der Waals surface area contributed by atoms with E-state index in [-0.39, 0.29) is 29.4 Å². The van der Waals surface area contributed by atoms with Crippen molar-refractivity contribution in [2.24, 2.45) is 16.6 Å². The molecule has 0 aliphatic carbocycles. The standard InChI is InChI=1S/C18H28ClN3O.HI/c1-14(2)7-10-21-17(20)22-13-18(8-11-23-12-9-18)15-5-3-4-6-16(15)19;/h3-6,14H,7-13H2,1-2H3,(H3,20,21,22);1H. The predicted molar refractivity (Wildman–Crippen MR) is 113 cm³/mol. The highest BCUT2D eigenvalue weighted by molar-refractivity contribution is 14.0. The van der Waals surface area contributed by atoms with Gasteiger partial charge < -0.3 is 15.8 Å². The molecule has 1 fully saturated rings.